The first-order valence-corrected chi connectivity index (χ1v) is 12.5. The van der Waals surface area contributed by atoms with E-state index in [1.165, 1.54) is 24.3 Å². The molecule has 0 fully saturated rings. The van der Waals surface area contributed by atoms with Gasteiger partial charge in [0.1, 0.15) is 11.3 Å². The Balaban J connectivity index is 1.52. The van der Waals surface area contributed by atoms with E-state index in [2.05, 4.69) is 10.3 Å². The van der Waals surface area contributed by atoms with E-state index in [1.807, 2.05) is 36.4 Å². The van der Waals surface area contributed by atoms with Crippen LogP contribution < -0.4 is 5.32 Å². The summed E-state index contributed by atoms with van der Waals surface area (Å²) in [7, 11) is 0. The Kier molecular flexibility index (Phi) is 7.13. The molecule has 3 aromatic carbocycles. The van der Waals surface area contributed by atoms with E-state index in [1.54, 1.807) is 35.7 Å². The van der Waals surface area contributed by atoms with E-state index >= 15 is 0 Å². The molecule has 0 bridgehead atoms. The summed E-state index contributed by atoms with van der Waals surface area (Å²) in [4.78, 5) is 29.4. The van der Waals surface area contributed by atoms with Crippen LogP contribution in [0.4, 0.5) is 13.2 Å². The molecule has 2 N–H and O–H groups in total. The minimum Gasteiger partial charge on any atom is -0.478 e. The summed E-state index contributed by atoms with van der Waals surface area (Å²) >= 11 is 0. The summed E-state index contributed by atoms with van der Waals surface area (Å²) in [6, 6.07) is 23.9. The molecular weight excluding hydrogens is 519 g/mol. The SMILES string of the molecule is C[C@H](NC(=O)c1cc(-c2ccccc2)cc2ncc(Cc3ccc(C(F)(F)F)cc3)n12)c1ccc(C(=O)O)cc1. The third-order valence-corrected chi connectivity index (χ3v) is 6.69. The smallest absolute Gasteiger partial charge is 0.416 e. The van der Waals surface area contributed by atoms with Crippen molar-refractivity contribution in [1.82, 2.24) is 14.7 Å². The first-order chi connectivity index (χ1) is 19.1. The fourth-order valence-corrected chi connectivity index (χ4v) is 4.55. The molecule has 6 nitrogen and oxygen atoms in total. The molecule has 0 aliphatic rings. The lowest BCUT2D eigenvalue weighted by atomic mass is 10.0. The van der Waals surface area contributed by atoms with Crippen molar-refractivity contribution in [1.29, 1.82) is 0 Å². The Hall–Kier alpha value is -4.92. The van der Waals surface area contributed by atoms with Crippen molar-refractivity contribution >= 4 is 17.5 Å². The van der Waals surface area contributed by atoms with E-state index in [0.29, 0.717) is 22.6 Å². The summed E-state index contributed by atoms with van der Waals surface area (Å²) in [5.41, 5.74) is 3.92. The van der Waals surface area contributed by atoms with Crippen molar-refractivity contribution in [2.45, 2.75) is 25.6 Å². The zero-order valence-corrected chi connectivity index (χ0v) is 21.3. The average molecular weight is 544 g/mol. The maximum atomic E-state index is 13.7. The second kappa shape index (κ2) is 10.7. The first-order valence-electron chi connectivity index (χ1n) is 12.5. The number of carbonyl (C=O) groups is 2. The number of pyridine rings is 1. The number of aromatic carboxylic acids is 1. The molecule has 0 saturated heterocycles. The number of rotatable bonds is 7. The minimum absolute atomic E-state index is 0.144. The standard InChI is InChI=1S/C31H24F3N3O3/c1-19(21-9-11-23(12-10-21)30(39)40)36-29(38)27-16-24(22-5-3-2-4-6-22)17-28-35-18-26(37(27)28)15-20-7-13-25(14-8-20)31(32,33)34/h2-14,16-19H,15H2,1H3,(H,36,38)(H,39,40)/t19-/m0/s1. The molecule has 40 heavy (non-hydrogen) atoms. The van der Waals surface area contributed by atoms with Crippen LogP contribution in [0.5, 0.6) is 0 Å². The summed E-state index contributed by atoms with van der Waals surface area (Å²) in [5, 5.41) is 12.1. The molecule has 0 radical (unpaired) electrons. The summed E-state index contributed by atoms with van der Waals surface area (Å²) < 4.78 is 40.8. The van der Waals surface area contributed by atoms with Crippen molar-refractivity contribution in [3.8, 4) is 11.1 Å². The fraction of sp³-hybridized carbons (Fsp3) is 0.129. The first kappa shape index (κ1) is 26.7. The normalized spacial score (nSPS) is 12.3. The van der Waals surface area contributed by atoms with E-state index in [-0.39, 0.29) is 17.9 Å². The van der Waals surface area contributed by atoms with Gasteiger partial charge in [-0.2, -0.15) is 13.2 Å². The Bertz CT molecular complexity index is 1680. The van der Waals surface area contributed by atoms with E-state index in [4.69, 9.17) is 5.11 Å². The van der Waals surface area contributed by atoms with Crippen LogP contribution in [0.3, 0.4) is 0 Å². The van der Waals surface area contributed by atoms with Crippen LogP contribution in [0.25, 0.3) is 16.8 Å². The van der Waals surface area contributed by atoms with Gasteiger partial charge in [0.2, 0.25) is 0 Å². The van der Waals surface area contributed by atoms with Crippen molar-refractivity contribution in [2.75, 3.05) is 0 Å². The van der Waals surface area contributed by atoms with Gasteiger partial charge in [-0.25, -0.2) is 9.78 Å². The van der Waals surface area contributed by atoms with Crippen LogP contribution in [-0.4, -0.2) is 26.4 Å². The van der Waals surface area contributed by atoms with Gasteiger partial charge in [-0.1, -0.05) is 54.6 Å². The zero-order valence-electron chi connectivity index (χ0n) is 21.3. The second-order valence-corrected chi connectivity index (χ2v) is 9.43. The number of nitrogens with one attached hydrogen (secondary N) is 1. The highest BCUT2D eigenvalue weighted by atomic mass is 19.4. The van der Waals surface area contributed by atoms with E-state index < -0.39 is 23.8 Å². The monoisotopic (exact) mass is 543 g/mol. The Labute approximate surface area is 227 Å². The zero-order chi connectivity index (χ0) is 28.4. The molecule has 5 aromatic rings. The highest BCUT2D eigenvalue weighted by Crippen LogP contribution is 2.30. The predicted molar refractivity (Wildman–Crippen MR) is 144 cm³/mol. The predicted octanol–water partition coefficient (Wildman–Crippen LogP) is 6.80. The number of alkyl halides is 3. The van der Waals surface area contributed by atoms with Gasteiger partial charge in [-0.05, 0) is 65.6 Å². The van der Waals surface area contributed by atoms with Crippen molar-refractivity contribution < 1.29 is 27.9 Å². The lowest BCUT2D eigenvalue weighted by Crippen LogP contribution is -2.28. The van der Waals surface area contributed by atoms with Gasteiger partial charge >= 0.3 is 12.1 Å². The molecule has 9 heteroatoms. The highest BCUT2D eigenvalue weighted by Gasteiger charge is 2.30. The maximum absolute atomic E-state index is 13.7. The van der Waals surface area contributed by atoms with Gasteiger partial charge in [-0.3, -0.25) is 9.20 Å². The van der Waals surface area contributed by atoms with Gasteiger partial charge in [0.05, 0.1) is 17.2 Å². The van der Waals surface area contributed by atoms with Crippen LogP contribution in [0.1, 0.15) is 56.2 Å². The number of benzene rings is 3. The maximum Gasteiger partial charge on any atom is 0.416 e. The third kappa shape index (κ3) is 5.58. The Morgan fingerprint density at radius 3 is 2.23 bits per heavy atom. The number of carbonyl (C=O) groups excluding carboxylic acids is 1. The number of imidazole rings is 1. The van der Waals surface area contributed by atoms with Crippen LogP contribution in [0.2, 0.25) is 0 Å². The van der Waals surface area contributed by atoms with E-state index in [0.717, 1.165) is 28.8 Å². The molecule has 5 rings (SSSR count). The van der Waals surface area contributed by atoms with Crippen LogP contribution in [0, 0.1) is 0 Å². The summed E-state index contributed by atoms with van der Waals surface area (Å²) in [6.45, 7) is 1.79. The average Bonchev–Trinajstić information content (AvgIpc) is 3.35. The largest absolute Gasteiger partial charge is 0.478 e. The molecule has 2 heterocycles. The van der Waals surface area contributed by atoms with Gasteiger partial charge < -0.3 is 10.4 Å². The molecule has 0 aliphatic carbocycles. The van der Waals surface area contributed by atoms with Gasteiger partial charge in [-0.15, -0.1) is 0 Å². The lowest BCUT2D eigenvalue weighted by Gasteiger charge is -2.17. The van der Waals surface area contributed by atoms with Gasteiger partial charge in [0, 0.05) is 18.3 Å². The molecule has 0 saturated carbocycles. The van der Waals surface area contributed by atoms with Gasteiger partial charge in [0.25, 0.3) is 5.91 Å². The second-order valence-electron chi connectivity index (χ2n) is 9.43. The third-order valence-electron chi connectivity index (χ3n) is 6.69. The number of nitrogens with zero attached hydrogens (tertiary/aromatic N) is 2. The highest BCUT2D eigenvalue weighted by molar-refractivity contribution is 5.95. The summed E-state index contributed by atoms with van der Waals surface area (Å²) in [5.74, 6) is -1.42. The number of halogens is 3. The van der Waals surface area contributed by atoms with Gasteiger partial charge in [0.15, 0.2) is 0 Å². The summed E-state index contributed by atoms with van der Waals surface area (Å²) in [6.07, 6.45) is -2.55. The molecule has 1 amide bonds. The lowest BCUT2D eigenvalue weighted by molar-refractivity contribution is -0.137. The molecular formula is C31H24F3N3O3. The quantitative estimate of drug-likeness (QED) is 0.237. The minimum atomic E-state index is -4.43. The van der Waals surface area contributed by atoms with E-state index in [9.17, 15) is 22.8 Å². The number of hydrogen-bond acceptors (Lipinski definition) is 3. The van der Waals surface area contributed by atoms with Crippen molar-refractivity contribution in [2.24, 2.45) is 0 Å². The van der Waals surface area contributed by atoms with Crippen molar-refractivity contribution in [3.63, 3.8) is 0 Å². The number of carboxylic acid groups (broad SMARTS) is 1. The molecule has 1 atom stereocenters. The Morgan fingerprint density at radius 2 is 1.60 bits per heavy atom. The molecule has 2 aromatic heterocycles. The molecule has 0 aliphatic heterocycles. The number of fused-ring (bicyclic) bond motifs is 1. The number of amides is 1. The molecule has 0 spiro atoms. The molecule has 0 unspecified atom stereocenters. The number of aromatic nitrogens is 2. The Morgan fingerprint density at radius 1 is 0.925 bits per heavy atom. The number of hydrogen-bond donors (Lipinski definition) is 2. The topological polar surface area (TPSA) is 83.7 Å². The van der Waals surface area contributed by atoms with Crippen LogP contribution in [0.15, 0.2) is 97.2 Å². The fourth-order valence-electron chi connectivity index (χ4n) is 4.55. The van der Waals surface area contributed by atoms with Crippen LogP contribution >= 0.6 is 0 Å². The molecule has 202 valence electrons. The van der Waals surface area contributed by atoms with Crippen molar-refractivity contribution in [3.05, 3.63) is 131 Å². The number of carboxylic acids is 1. The van der Waals surface area contributed by atoms with Crippen LogP contribution in [-0.2, 0) is 12.6 Å².